The second-order valence-electron chi connectivity index (χ2n) is 6.44. The van der Waals surface area contributed by atoms with Gasteiger partial charge in [0.25, 0.3) is 0 Å². The standard InChI is InChI=1S/C22H21NO7/c1-14(23-21(25)10-5-15-3-7-17(27-2)8-4-15)22(26)28-12-18(24)16-6-9-19-20(11-16)30-13-29-19/h3-11,14H,12-13H2,1-2H3,(H,23,25)/b10-5-/t14-/m0/s1. The maximum absolute atomic E-state index is 12.2. The van der Waals surface area contributed by atoms with Crippen LogP contribution in [0.2, 0.25) is 0 Å². The third kappa shape index (κ3) is 5.38. The van der Waals surface area contributed by atoms with Crippen LogP contribution in [0.3, 0.4) is 0 Å². The molecule has 2 aromatic carbocycles. The molecule has 1 aliphatic rings. The normalized spacial score (nSPS) is 13.0. The number of esters is 1. The number of benzene rings is 2. The Hall–Kier alpha value is -3.81. The van der Waals surface area contributed by atoms with Crippen LogP contribution in [-0.4, -0.2) is 44.2 Å². The van der Waals surface area contributed by atoms with Gasteiger partial charge in [-0.3, -0.25) is 9.59 Å². The second kappa shape index (κ2) is 9.60. The van der Waals surface area contributed by atoms with Crippen LogP contribution in [0, 0.1) is 0 Å². The van der Waals surface area contributed by atoms with E-state index in [9.17, 15) is 14.4 Å². The molecule has 0 bridgehead atoms. The number of methoxy groups -OCH3 is 1. The summed E-state index contributed by atoms with van der Waals surface area (Å²) in [4.78, 5) is 36.3. The lowest BCUT2D eigenvalue weighted by molar-refractivity contribution is -0.145. The number of ether oxygens (including phenoxy) is 4. The van der Waals surface area contributed by atoms with Gasteiger partial charge >= 0.3 is 5.97 Å². The van der Waals surface area contributed by atoms with Gasteiger partial charge in [-0.25, -0.2) is 4.79 Å². The molecule has 156 valence electrons. The van der Waals surface area contributed by atoms with E-state index in [2.05, 4.69) is 5.32 Å². The zero-order valence-electron chi connectivity index (χ0n) is 16.5. The van der Waals surface area contributed by atoms with Gasteiger partial charge in [-0.1, -0.05) is 12.1 Å². The summed E-state index contributed by atoms with van der Waals surface area (Å²) in [6.07, 6.45) is 2.92. The number of carbonyl (C=O) groups is 3. The Bertz CT molecular complexity index is 966. The number of hydrogen-bond acceptors (Lipinski definition) is 7. The number of Topliss-reactive ketones (excluding diaryl/α,β-unsaturated/α-hetero) is 1. The largest absolute Gasteiger partial charge is 0.497 e. The molecule has 0 radical (unpaired) electrons. The van der Waals surface area contributed by atoms with E-state index in [-0.39, 0.29) is 12.6 Å². The molecule has 1 N–H and O–H groups in total. The van der Waals surface area contributed by atoms with Gasteiger partial charge in [0.05, 0.1) is 7.11 Å². The molecule has 1 atom stereocenters. The van der Waals surface area contributed by atoms with Gasteiger partial charge in [-0.15, -0.1) is 0 Å². The number of hydrogen-bond donors (Lipinski definition) is 1. The third-order valence-electron chi connectivity index (χ3n) is 4.30. The van der Waals surface area contributed by atoms with E-state index in [0.717, 1.165) is 5.56 Å². The minimum atomic E-state index is -0.914. The number of rotatable bonds is 8. The van der Waals surface area contributed by atoms with Gasteiger partial charge < -0.3 is 24.3 Å². The highest BCUT2D eigenvalue weighted by molar-refractivity contribution is 5.99. The predicted molar refractivity (Wildman–Crippen MR) is 107 cm³/mol. The van der Waals surface area contributed by atoms with Gasteiger partial charge in [-0.2, -0.15) is 0 Å². The smallest absolute Gasteiger partial charge is 0.328 e. The molecule has 8 nitrogen and oxygen atoms in total. The molecule has 8 heteroatoms. The molecule has 0 saturated heterocycles. The first-order chi connectivity index (χ1) is 14.5. The number of amides is 1. The van der Waals surface area contributed by atoms with Crippen molar-refractivity contribution in [1.29, 1.82) is 0 Å². The van der Waals surface area contributed by atoms with Crippen molar-refractivity contribution in [2.75, 3.05) is 20.5 Å². The molecule has 30 heavy (non-hydrogen) atoms. The lowest BCUT2D eigenvalue weighted by Crippen LogP contribution is -2.39. The SMILES string of the molecule is COc1ccc(/C=C\C(=O)N[C@@H](C)C(=O)OCC(=O)c2ccc3c(c2)OCO3)cc1. The van der Waals surface area contributed by atoms with Gasteiger partial charge in [0, 0.05) is 11.6 Å². The van der Waals surface area contributed by atoms with E-state index in [4.69, 9.17) is 18.9 Å². The molecule has 1 amide bonds. The van der Waals surface area contributed by atoms with E-state index in [1.54, 1.807) is 49.6 Å². The molecule has 0 aliphatic carbocycles. The Morgan fingerprint density at radius 1 is 1.10 bits per heavy atom. The van der Waals surface area contributed by atoms with E-state index in [0.29, 0.717) is 22.8 Å². The second-order valence-corrected chi connectivity index (χ2v) is 6.44. The Balaban J connectivity index is 1.46. The highest BCUT2D eigenvalue weighted by atomic mass is 16.7. The summed E-state index contributed by atoms with van der Waals surface area (Å²) in [5.41, 5.74) is 1.14. The first-order valence-electron chi connectivity index (χ1n) is 9.18. The number of nitrogens with one attached hydrogen (secondary N) is 1. The van der Waals surface area contributed by atoms with Crippen molar-refractivity contribution in [3.8, 4) is 17.2 Å². The highest BCUT2D eigenvalue weighted by Gasteiger charge is 2.20. The lowest BCUT2D eigenvalue weighted by Gasteiger charge is -2.12. The van der Waals surface area contributed by atoms with Gasteiger partial charge in [-0.05, 0) is 48.9 Å². The summed E-state index contributed by atoms with van der Waals surface area (Å²) in [6.45, 7) is 1.14. The van der Waals surface area contributed by atoms with Crippen LogP contribution in [-0.2, 0) is 14.3 Å². The molecule has 0 spiro atoms. The molecule has 0 fully saturated rings. The average Bonchev–Trinajstić information content (AvgIpc) is 3.24. The minimum absolute atomic E-state index is 0.103. The molecular weight excluding hydrogens is 390 g/mol. The maximum atomic E-state index is 12.2. The fraction of sp³-hybridized carbons (Fsp3) is 0.227. The highest BCUT2D eigenvalue weighted by Crippen LogP contribution is 2.32. The summed E-state index contributed by atoms with van der Waals surface area (Å²) in [7, 11) is 1.57. The molecule has 1 aliphatic heterocycles. The van der Waals surface area contributed by atoms with E-state index < -0.39 is 24.5 Å². The monoisotopic (exact) mass is 411 g/mol. The van der Waals surface area contributed by atoms with Crippen LogP contribution in [0.5, 0.6) is 17.2 Å². The quantitative estimate of drug-likeness (QED) is 0.404. The van der Waals surface area contributed by atoms with Crippen molar-refractivity contribution in [3.05, 3.63) is 59.7 Å². The Kier molecular flexibility index (Phi) is 6.69. The first-order valence-corrected chi connectivity index (χ1v) is 9.18. The molecular formula is C22H21NO7. The fourth-order valence-corrected chi connectivity index (χ4v) is 2.62. The minimum Gasteiger partial charge on any atom is -0.497 e. The van der Waals surface area contributed by atoms with Crippen molar-refractivity contribution in [1.82, 2.24) is 5.32 Å². The maximum Gasteiger partial charge on any atom is 0.328 e. The topological polar surface area (TPSA) is 100 Å². The Morgan fingerprint density at radius 3 is 2.57 bits per heavy atom. The van der Waals surface area contributed by atoms with Crippen molar-refractivity contribution in [2.45, 2.75) is 13.0 Å². The molecule has 2 aromatic rings. The van der Waals surface area contributed by atoms with Crippen molar-refractivity contribution < 1.29 is 33.3 Å². The lowest BCUT2D eigenvalue weighted by atomic mass is 10.1. The summed E-state index contributed by atoms with van der Waals surface area (Å²) < 4.78 is 20.5. The van der Waals surface area contributed by atoms with Gasteiger partial charge in [0.1, 0.15) is 11.8 Å². The predicted octanol–water partition coefficient (Wildman–Crippen LogP) is 2.37. The number of carbonyl (C=O) groups excluding carboxylic acids is 3. The van der Waals surface area contributed by atoms with Crippen LogP contribution in [0.4, 0.5) is 0 Å². The number of ketones is 1. The van der Waals surface area contributed by atoms with E-state index >= 15 is 0 Å². The zero-order valence-corrected chi connectivity index (χ0v) is 16.5. The average molecular weight is 411 g/mol. The van der Waals surface area contributed by atoms with E-state index in [1.807, 2.05) is 0 Å². The fourth-order valence-electron chi connectivity index (χ4n) is 2.62. The number of fused-ring (bicyclic) bond motifs is 1. The van der Waals surface area contributed by atoms with Crippen LogP contribution >= 0.6 is 0 Å². The summed E-state index contributed by atoms with van der Waals surface area (Å²) in [5.74, 6) is 0.175. The molecule has 0 unspecified atom stereocenters. The van der Waals surface area contributed by atoms with Crippen LogP contribution in [0.15, 0.2) is 48.5 Å². The van der Waals surface area contributed by atoms with Crippen LogP contribution in [0.25, 0.3) is 6.08 Å². The molecule has 3 rings (SSSR count). The summed E-state index contributed by atoms with van der Waals surface area (Å²) in [5, 5.41) is 2.50. The van der Waals surface area contributed by atoms with Crippen molar-refractivity contribution >= 4 is 23.7 Å². The summed E-state index contributed by atoms with van der Waals surface area (Å²) >= 11 is 0. The van der Waals surface area contributed by atoms with Gasteiger partial charge in [0.2, 0.25) is 12.7 Å². The first kappa shape index (κ1) is 20.9. The summed E-state index contributed by atoms with van der Waals surface area (Å²) in [6, 6.07) is 10.9. The molecule has 1 heterocycles. The van der Waals surface area contributed by atoms with Crippen molar-refractivity contribution in [3.63, 3.8) is 0 Å². The van der Waals surface area contributed by atoms with Crippen LogP contribution in [0.1, 0.15) is 22.8 Å². The zero-order chi connectivity index (χ0) is 21.5. The molecule has 0 saturated carbocycles. The Labute approximate surface area is 173 Å². The van der Waals surface area contributed by atoms with Gasteiger partial charge in [0.15, 0.2) is 23.9 Å². The van der Waals surface area contributed by atoms with Crippen LogP contribution < -0.4 is 19.5 Å². The molecule has 0 aromatic heterocycles. The third-order valence-corrected chi connectivity index (χ3v) is 4.30. The van der Waals surface area contributed by atoms with Crippen molar-refractivity contribution in [2.24, 2.45) is 0 Å². The Morgan fingerprint density at radius 2 is 1.83 bits per heavy atom. The van der Waals surface area contributed by atoms with E-state index in [1.165, 1.54) is 19.1 Å².